The summed E-state index contributed by atoms with van der Waals surface area (Å²) >= 11 is 1.61. The van der Waals surface area contributed by atoms with Gasteiger partial charge in [0.2, 0.25) is 5.91 Å². The third-order valence-corrected chi connectivity index (χ3v) is 3.71. The number of rotatable bonds is 5. The summed E-state index contributed by atoms with van der Waals surface area (Å²) in [5.41, 5.74) is 1.66. The van der Waals surface area contributed by atoms with E-state index in [1.165, 1.54) is 0 Å². The van der Waals surface area contributed by atoms with Crippen molar-refractivity contribution in [1.82, 2.24) is 5.32 Å². The highest BCUT2D eigenvalue weighted by Crippen LogP contribution is 2.17. The number of nitrogens with one attached hydrogen (secondary N) is 1. The van der Waals surface area contributed by atoms with E-state index in [0.717, 1.165) is 16.2 Å². The molecule has 1 N–H and O–H groups in total. The molecule has 0 saturated carbocycles. The number of thiophene rings is 1. The third kappa shape index (κ3) is 3.71. The highest BCUT2D eigenvalue weighted by Gasteiger charge is 2.06. The van der Waals surface area contributed by atoms with E-state index in [9.17, 15) is 4.79 Å². The Labute approximate surface area is 122 Å². The van der Waals surface area contributed by atoms with E-state index in [0.29, 0.717) is 12.1 Å². The number of ether oxygens (including phenoxy) is 1. The minimum absolute atomic E-state index is 0.0655. The molecule has 3 nitrogen and oxygen atoms in total. The summed E-state index contributed by atoms with van der Waals surface area (Å²) in [7, 11) is 1.63. The van der Waals surface area contributed by atoms with Crippen LogP contribution < -0.4 is 10.1 Å². The molecule has 1 aromatic heterocycles. The minimum Gasteiger partial charge on any atom is -0.496 e. The maximum absolute atomic E-state index is 12.0. The van der Waals surface area contributed by atoms with Gasteiger partial charge in [0.1, 0.15) is 5.75 Å². The van der Waals surface area contributed by atoms with Crippen LogP contribution in [0.25, 0.3) is 6.08 Å². The molecule has 0 bridgehead atoms. The molecule has 4 heteroatoms. The molecular weight excluding hydrogens is 270 g/mol. The lowest BCUT2D eigenvalue weighted by Gasteiger charge is -2.09. The first kappa shape index (κ1) is 14.3. The average Bonchev–Trinajstić information content (AvgIpc) is 2.97. The van der Waals surface area contributed by atoms with Crippen LogP contribution in [0.15, 0.2) is 47.4 Å². The molecule has 0 fully saturated rings. The van der Waals surface area contributed by atoms with Crippen molar-refractivity contribution >= 4 is 23.3 Å². The van der Waals surface area contributed by atoms with Crippen molar-refractivity contribution in [3.63, 3.8) is 0 Å². The van der Waals surface area contributed by atoms with Crippen LogP contribution >= 0.6 is 11.3 Å². The zero-order valence-corrected chi connectivity index (χ0v) is 12.4. The lowest BCUT2D eigenvalue weighted by atomic mass is 10.2. The molecule has 0 aliphatic heterocycles. The maximum atomic E-state index is 12.0. The van der Waals surface area contributed by atoms with Crippen LogP contribution in [0.5, 0.6) is 5.75 Å². The van der Waals surface area contributed by atoms with Crippen molar-refractivity contribution in [2.24, 2.45) is 0 Å². The SMILES string of the molecule is COc1ccccc1CNC(=O)/C(C)=C/c1cccs1. The molecule has 0 spiro atoms. The second-order valence-corrected chi connectivity index (χ2v) is 5.32. The first-order chi connectivity index (χ1) is 9.70. The average molecular weight is 287 g/mol. The zero-order chi connectivity index (χ0) is 14.4. The van der Waals surface area contributed by atoms with E-state index in [1.807, 2.05) is 54.8 Å². The molecule has 2 aromatic rings. The Hall–Kier alpha value is -2.07. The van der Waals surface area contributed by atoms with Gasteiger partial charge in [0, 0.05) is 22.6 Å². The van der Waals surface area contributed by atoms with E-state index in [2.05, 4.69) is 5.32 Å². The predicted molar refractivity (Wildman–Crippen MR) is 82.8 cm³/mol. The van der Waals surface area contributed by atoms with E-state index < -0.39 is 0 Å². The molecule has 2 rings (SSSR count). The van der Waals surface area contributed by atoms with E-state index in [-0.39, 0.29) is 5.91 Å². The number of hydrogen-bond donors (Lipinski definition) is 1. The van der Waals surface area contributed by atoms with E-state index in [1.54, 1.807) is 18.4 Å². The molecule has 1 aromatic carbocycles. The number of hydrogen-bond acceptors (Lipinski definition) is 3. The number of para-hydroxylation sites is 1. The Morgan fingerprint density at radius 2 is 2.10 bits per heavy atom. The Morgan fingerprint density at radius 1 is 1.30 bits per heavy atom. The fraction of sp³-hybridized carbons (Fsp3) is 0.188. The molecular formula is C16H17NO2S. The molecule has 1 heterocycles. The van der Waals surface area contributed by atoms with Crippen LogP contribution in [0, 0.1) is 0 Å². The van der Waals surface area contributed by atoms with Crippen molar-refractivity contribution in [2.45, 2.75) is 13.5 Å². The number of amides is 1. The molecule has 0 saturated heterocycles. The second-order valence-electron chi connectivity index (χ2n) is 4.34. The topological polar surface area (TPSA) is 38.3 Å². The van der Waals surface area contributed by atoms with Gasteiger partial charge in [-0.25, -0.2) is 0 Å². The van der Waals surface area contributed by atoms with Gasteiger partial charge in [-0.2, -0.15) is 0 Å². The normalized spacial score (nSPS) is 11.2. The third-order valence-electron chi connectivity index (χ3n) is 2.89. The van der Waals surface area contributed by atoms with Gasteiger partial charge in [-0.15, -0.1) is 11.3 Å². The van der Waals surface area contributed by atoms with Crippen LogP contribution in [0.4, 0.5) is 0 Å². The number of benzene rings is 1. The minimum atomic E-state index is -0.0655. The summed E-state index contributed by atoms with van der Waals surface area (Å²) in [6.07, 6.45) is 1.89. The Morgan fingerprint density at radius 3 is 2.80 bits per heavy atom. The van der Waals surface area contributed by atoms with Crippen LogP contribution in [-0.4, -0.2) is 13.0 Å². The first-order valence-electron chi connectivity index (χ1n) is 6.32. The van der Waals surface area contributed by atoms with Crippen molar-refractivity contribution < 1.29 is 9.53 Å². The highest BCUT2D eigenvalue weighted by molar-refractivity contribution is 7.10. The lowest BCUT2D eigenvalue weighted by Crippen LogP contribution is -2.23. The van der Waals surface area contributed by atoms with Gasteiger partial charge in [0.25, 0.3) is 0 Å². The van der Waals surface area contributed by atoms with Gasteiger partial charge >= 0.3 is 0 Å². The summed E-state index contributed by atoms with van der Waals surface area (Å²) < 4.78 is 5.26. The number of carbonyl (C=O) groups is 1. The van der Waals surface area contributed by atoms with Gasteiger partial charge < -0.3 is 10.1 Å². The maximum Gasteiger partial charge on any atom is 0.247 e. The molecule has 104 valence electrons. The first-order valence-corrected chi connectivity index (χ1v) is 7.20. The van der Waals surface area contributed by atoms with Crippen molar-refractivity contribution in [3.05, 3.63) is 57.8 Å². The van der Waals surface area contributed by atoms with Crippen LogP contribution in [0.2, 0.25) is 0 Å². The summed E-state index contributed by atoms with van der Waals surface area (Å²) in [6.45, 7) is 2.27. The molecule has 0 aliphatic rings. The van der Waals surface area contributed by atoms with E-state index in [4.69, 9.17) is 4.74 Å². The van der Waals surface area contributed by atoms with Gasteiger partial charge in [-0.3, -0.25) is 4.79 Å². The van der Waals surface area contributed by atoms with Crippen molar-refractivity contribution in [3.8, 4) is 5.75 Å². The summed E-state index contributed by atoms with van der Waals surface area (Å²) in [4.78, 5) is 13.1. The highest BCUT2D eigenvalue weighted by atomic mass is 32.1. The molecule has 1 amide bonds. The molecule has 0 radical (unpaired) electrons. The van der Waals surface area contributed by atoms with Gasteiger partial charge in [0.15, 0.2) is 0 Å². The molecule has 0 aliphatic carbocycles. The quantitative estimate of drug-likeness (QED) is 0.855. The van der Waals surface area contributed by atoms with Crippen LogP contribution in [0.1, 0.15) is 17.4 Å². The Balaban J connectivity index is 1.98. The Kier molecular flexibility index (Phi) is 4.96. The zero-order valence-electron chi connectivity index (χ0n) is 11.6. The van der Waals surface area contributed by atoms with Crippen LogP contribution in [0.3, 0.4) is 0 Å². The molecule has 0 unspecified atom stereocenters. The standard InChI is InChI=1S/C16H17NO2S/c1-12(10-14-7-5-9-20-14)16(18)17-11-13-6-3-4-8-15(13)19-2/h3-10H,11H2,1-2H3,(H,17,18)/b12-10+. The summed E-state index contributed by atoms with van der Waals surface area (Å²) in [6, 6.07) is 11.6. The molecule has 0 atom stereocenters. The molecule has 20 heavy (non-hydrogen) atoms. The number of carbonyl (C=O) groups excluding carboxylic acids is 1. The second kappa shape index (κ2) is 6.91. The largest absolute Gasteiger partial charge is 0.496 e. The lowest BCUT2D eigenvalue weighted by molar-refractivity contribution is -0.117. The van der Waals surface area contributed by atoms with Crippen molar-refractivity contribution in [2.75, 3.05) is 7.11 Å². The van der Waals surface area contributed by atoms with Crippen LogP contribution in [-0.2, 0) is 11.3 Å². The number of methoxy groups -OCH3 is 1. The monoisotopic (exact) mass is 287 g/mol. The predicted octanol–water partition coefficient (Wildman–Crippen LogP) is 3.48. The fourth-order valence-electron chi connectivity index (χ4n) is 1.82. The summed E-state index contributed by atoms with van der Waals surface area (Å²) in [5.74, 6) is 0.719. The Bertz CT molecular complexity index is 603. The smallest absolute Gasteiger partial charge is 0.247 e. The van der Waals surface area contributed by atoms with Gasteiger partial charge in [-0.1, -0.05) is 24.3 Å². The summed E-state index contributed by atoms with van der Waals surface area (Å²) in [5, 5.41) is 4.90. The van der Waals surface area contributed by atoms with E-state index >= 15 is 0 Å². The van der Waals surface area contributed by atoms with Gasteiger partial charge in [0.05, 0.1) is 7.11 Å². The fourth-order valence-corrected chi connectivity index (χ4v) is 2.53. The van der Waals surface area contributed by atoms with Crippen molar-refractivity contribution in [1.29, 1.82) is 0 Å². The van der Waals surface area contributed by atoms with Gasteiger partial charge in [-0.05, 0) is 30.5 Å².